The van der Waals surface area contributed by atoms with Crippen LogP contribution in [0.2, 0.25) is 0 Å². The highest BCUT2D eigenvalue weighted by Crippen LogP contribution is 2.09. The SMILES string of the molecule is CS(=O)(=O)N(CCNC(=O)c1ccccc1F)Cc1ccco1. The Morgan fingerprint density at radius 3 is 2.61 bits per heavy atom. The predicted molar refractivity (Wildman–Crippen MR) is 82.7 cm³/mol. The van der Waals surface area contributed by atoms with Crippen LogP contribution >= 0.6 is 0 Å². The van der Waals surface area contributed by atoms with E-state index in [-0.39, 0.29) is 25.2 Å². The van der Waals surface area contributed by atoms with Crippen LogP contribution in [0.1, 0.15) is 16.1 Å². The van der Waals surface area contributed by atoms with E-state index in [0.29, 0.717) is 5.76 Å². The first-order chi connectivity index (χ1) is 10.9. The van der Waals surface area contributed by atoms with Crippen LogP contribution in [0.25, 0.3) is 0 Å². The fourth-order valence-electron chi connectivity index (χ4n) is 1.97. The smallest absolute Gasteiger partial charge is 0.254 e. The summed E-state index contributed by atoms with van der Waals surface area (Å²) < 4.78 is 43.3. The quantitative estimate of drug-likeness (QED) is 0.830. The zero-order valence-electron chi connectivity index (χ0n) is 12.5. The second-order valence-corrected chi connectivity index (χ2v) is 6.89. The number of nitrogens with zero attached hydrogens (tertiary/aromatic N) is 1. The minimum absolute atomic E-state index is 0.0553. The van der Waals surface area contributed by atoms with Gasteiger partial charge in [-0.05, 0) is 24.3 Å². The van der Waals surface area contributed by atoms with Gasteiger partial charge in [-0.25, -0.2) is 12.8 Å². The first-order valence-electron chi connectivity index (χ1n) is 6.88. The largest absolute Gasteiger partial charge is 0.468 e. The zero-order chi connectivity index (χ0) is 16.9. The van der Waals surface area contributed by atoms with Crippen LogP contribution in [-0.4, -0.2) is 38.0 Å². The van der Waals surface area contributed by atoms with E-state index >= 15 is 0 Å². The number of amides is 1. The van der Waals surface area contributed by atoms with Gasteiger partial charge in [0.1, 0.15) is 11.6 Å². The molecule has 23 heavy (non-hydrogen) atoms. The molecule has 0 aliphatic rings. The molecule has 124 valence electrons. The van der Waals surface area contributed by atoms with Crippen LogP contribution in [0.15, 0.2) is 47.1 Å². The van der Waals surface area contributed by atoms with Gasteiger partial charge in [-0.2, -0.15) is 4.31 Å². The summed E-state index contributed by atoms with van der Waals surface area (Å²) in [5.74, 6) is -0.717. The second kappa shape index (κ2) is 7.38. The zero-order valence-corrected chi connectivity index (χ0v) is 13.3. The van der Waals surface area contributed by atoms with Gasteiger partial charge in [0, 0.05) is 13.1 Å². The third-order valence-electron chi connectivity index (χ3n) is 3.15. The van der Waals surface area contributed by atoms with Gasteiger partial charge in [0.05, 0.1) is 24.6 Å². The molecule has 6 nitrogen and oxygen atoms in total. The highest BCUT2D eigenvalue weighted by molar-refractivity contribution is 7.88. The Hall–Kier alpha value is -2.19. The number of furan rings is 1. The maximum atomic E-state index is 13.5. The van der Waals surface area contributed by atoms with E-state index in [0.717, 1.165) is 6.26 Å². The molecule has 0 spiro atoms. The van der Waals surface area contributed by atoms with E-state index in [9.17, 15) is 17.6 Å². The molecule has 0 bridgehead atoms. The number of rotatable bonds is 7. The number of benzene rings is 1. The molecule has 0 aliphatic heterocycles. The predicted octanol–water partition coefficient (Wildman–Crippen LogP) is 1.61. The summed E-state index contributed by atoms with van der Waals surface area (Å²) >= 11 is 0. The van der Waals surface area contributed by atoms with Crippen LogP contribution < -0.4 is 5.32 Å². The lowest BCUT2D eigenvalue weighted by Crippen LogP contribution is -2.37. The first kappa shape index (κ1) is 17.2. The Kier molecular flexibility index (Phi) is 5.51. The molecule has 0 saturated carbocycles. The van der Waals surface area contributed by atoms with E-state index in [1.54, 1.807) is 18.2 Å². The van der Waals surface area contributed by atoms with E-state index in [1.807, 2.05) is 0 Å². The minimum Gasteiger partial charge on any atom is -0.468 e. The number of carbonyl (C=O) groups excluding carboxylic acids is 1. The van der Waals surface area contributed by atoms with Gasteiger partial charge >= 0.3 is 0 Å². The van der Waals surface area contributed by atoms with Crippen LogP contribution in [0.4, 0.5) is 4.39 Å². The minimum atomic E-state index is -3.46. The molecule has 8 heteroatoms. The molecule has 1 N–H and O–H groups in total. The van der Waals surface area contributed by atoms with E-state index in [2.05, 4.69) is 5.32 Å². The Labute approximate surface area is 134 Å². The molecule has 0 fully saturated rings. The van der Waals surface area contributed by atoms with Gasteiger partial charge in [-0.3, -0.25) is 4.79 Å². The van der Waals surface area contributed by atoms with Crippen molar-refractivity contribution in [2.24, 2.45) is 0 Å². The molecule has 1 amide bonds. The summed E-state index contributed by atoms with van der Waals surface area (Å²) in [6, 6.07) is 8.92. The molecule has 1 heterocycles. The Balaban J connectivity index is 1.94. The highest BCUT2D eigenvalue weighted by Gasteiger charge is 2.19. The molecule has 0 unspecified atom stereocenters. The van der Waals surface area contributed by atoms with Crippen molar-refractivity contribution in [1.29, 1.82) is 0 Å². The monoisotopic (exact) mass is 340 g/mol. The lowest BCUT2D eigenvalue weighted by atomic mass is 10.2. The Morgan fingerprint density at radius 2 is 2.00 bits per heavy atom. The summed E-state index contributed by atoms with van der Waals surface area (Å²) in [4.78, 5) is 11.9. The van der Waals surface area contributed by atoms with Crippen LogP contribution in [0.3, 0.4) is 0 Å². The molecular formula is C15H17FN2O4S. The van der Waals surface area contributed by atoms with Gasteiger partial charge in [0.25, 0.3) is 5.91 Å². The van der Waals surface area contributed by atoms with Crippen LogP contribution in [0.5, 0.6) is 0 Å². The van der Waals surface area contributed by atoms with Crippen LogP contribution in [-0.2, 0) is 16.6 Å². The lowest BCUT2D eigenvalue weighted by molar-refractivity contribution is 0.0947. The Bertz CT molecular complexity index is 760. The van der Waals surface area contributed by atoms with Crippen molar-refractivity contribution >= 4 is 15.9 Å². The summed E-state index contributed by atoms with van der Waals surface area (Å²) in [5, 5.41) is 2.51. The average Bonchev–Trinajstić information content (AvgIpc) is 2.98. The van der Waals surface area contributed by atoms with E-state index < -0.39 is 21.7 Å². The number of hydrogen-bond acceptors (Lipinski definition) is 4. The fourth-order valence-corrected chi connectivity index (χ4v) is 2.76. The molecule has 1 aromatic heterocycles. The molecule has 0 saturated heterocycles. The van der Waals surface area contributed by atoms with Crippen molar-refractivity contribution in [2.75, 3.05) is 19.3 Å². The summed E-state index contributed by atoms with van der Waals surface area (Å²) in [5.41, 5.74) is -0.0792. The number of sulfonamides is 1. The van der Waals surface area contributed by atoms with Crippen molar-refractivity contribution in [3.63, 3.8) is 0 Å². The van der Waals surface area contributed by atoms with Gasteiger partial charge in [0.2, 0.25) is 10.0 Å². The summed E-state index contributed by atoms with van der Waals surface area (Å²) in [6.45, 7) is 0.183. The van der Waals surface area contributed by atoms with Crippen molar-refractivity contribution in [1.82, 2.24) is 9.62 Å². The maximum absolute atomic E-state index is 13.5. The number of halogens is 1. The van der Waals surface area contributed by atoms with Crippen molar-refractivity contribution in [3.05, 3.63) is 59.8 Å². The number of hydrogen-bond donors (Lipinski definition) is 1. The van der Waals surface area contributed by atoms with Crippen molar-refractivity contribution in [2.45, 2.75) is 6.54 Å². The first-order valence-corrected chi connectivity index (χ1v) is 8.73. The molecule has 0 aliphatic carbocycles. The highest BCUT2D eigenvalue weighted by atomic mass is 32.2. The fraction of sp³-hybridized carbons (Fsp3) is 0.267. The second-order valence-electron chi connectivity index (χ2n) is 4.91. The van der Waals surface area contributed by atoms with Gasteiger partial charge in [0.15, 0.2) is 0 Å². The molecular weight excluding hydrogens is 323 g/mol. The maximum Gasteiger partial charge on any atom is 0.254 e. The molecule has 1 aromatic carbocycles. The molecule has 2 rings (SSSR count). The number of nitrogens with one attached hydrogen (secondary N) is 1. The van der Waals surface area contributed by atoms with Crippen LogP contribution in [0, 0.1) is 5.82 Å². The standard InChI is InChI=1S/C15H17FN2O4S/c1-23(20,21)18(11-12-5-4-10-22-12)9-8-17-15(19)13-6-2-3-7-14(13)16/h2-7,10H,8-9,11H2,1H3,(H,17,19). The normalized spacial score (nSPS) is 11.6. The number of carbonyl (C=O) groups is 1. The third kappa shape index (κ3) is 4.90. The summed E-state index contributed by atoms with van der Waals surface area (Å²) in [6.07, 6.45) is 2.53. The lowest BCUT2D eigenvalue weighted by Gasteiger charge is -2.19. The molecule has 0 atom stereocenters. The molecule has 0 radical (unpaired) electrons. The van der Waals surface area contributed by atoms with E-state index in [1.165, 1.54) is 28.8 Å². The molecule has 2 aromatic rings. The van der Waals surface area contributed by atoms with Gasteiger partial charge in [-0.15, -0.1) is 0 Å². The average molecular weight is 340 g/mol. The van der Waals surface area contributed by atoms with E-state index in [4.69, 9.17) is 4.42 Å². The summed E-state index contributed by atoms with van der Waals surface area (Å²) in [7, 11) is -3.46. The van der Waals surface area contributed by atoms with Crippen molar-refractivity contribution < 1.29 is 22.0 Å². The Morgan fingerprint density at radius 1 is 1.26 bits per heavy atom. The van der Waals surface area contributed by atoms with Gasteiger partial charge < -0.3 is 9.73 Å². The third-order valence-corrected chi connectivity index (χ3v) is 4.40. The topological polar surface area (TPSA) is 79.6 Å². The van der Waals surface area contributed by atoms with Crippen molar-refractivity contribution in [3.8, 4) is 0 Å². The van der Waals surface area contributed by atoms with Gasteiger partial charge in [-0.1, -0.05) is 12.1 Å².